The van der Waals surface area contributed by atoms with Crippen LogP contribution in [0.4, 0.5) is 14.9 Å². The summed E-state index contributed by atoms with van der Waals surface area (Å²) in [5, 5.41) is 7.00. The molecule has 1 fully saturated rings. The van der Waals surface area contributed by atoms with Crippen LogP contribution in [0, 0.1) is 12.7 Å². The Labute approximate surface area is 222 Å². The summed E-state index contributed by atoms with van der Waals surface area (Å²) in [5.41, 5.74) is 3.57. The van der Waals surface area contributed by atoms with Crippen molar-refractivity contribution in [2.75, 3.05) is 18.4 Å². The van der Waals surface area contributed by atoms with E-state index in [-0.39, 0.29) is 29.1 Å². The highest BCUT2D eigenvalue weighted by Gasteiger charge is 2.48. The zero-order valence-electron chi connectivity index (χ0n) is 20.9. The number of imidazole rings is 1. The number of rotatable bonds is 4. The lowest BCUT2D eigenvalue weighted by Gasteiger charge is -2.45. The zero-order valence-corrected chi connectivity index (χ0v) is 21.7. The Kier molecular flexibility index (Phi) is 5.86. The molecule has 1 spiro atoms. The molecule has 2 aromatic carbocycles. The summed E-state index contributed by atoms with van der Waals surface area (Å²) in [5.74, 6) is -0.912. The molecule has 1 unspecified atom stereocenters. The van der Waals surface area contributed by atoms with Gasteiger partial charge in [-0.15, -0.1) is 0 Å². The minimum atomic E-state index is -1.32. The van der Waals surface area contributed by atoms with Gasteiger partial charge in [0.25, 0.3) is 5.91 Å². The molecule has 2 aromatic heterocycles. The Morgan fingerprint density at radius 3 is 3.00 bits per heavy atom. The molecule has 2 atom stereocenters. The largest absolute Gasteiger partial charge is 0.436 e. The summed E-state index contributed by atoms with van der Waals surface area (Å²) >= 11 is 6.07. The van der Waals surface area contributed by atoms with Crippen molar-refractivity contribution in [2.24, 2.45) is 0 Å². The molecule has 2 N–H and O–H groups in total. The van der Waals surface area contributed by atoms with Crippen molar-refractivity contribution < 1.29 is 18.7 Å². The van der Waals surface area contributed by atoms with E-state index in [4.69, 9.17) is 16.3 Å². The first-order valence-corrected chi connectivity index (χ1v) is 12.9. The van der Waals surface area contributed by atoms with E-state index in [1.165, 1.54) is 6.07 Å². The molecule has 2 aliphatic heterocycles. The third kappa shape index (κ3) is 3.91. The number of aryl methyl sites for hydroxylation is 1. The Morgan fingerprint density at radius 2 is 2.18 bits per heavy atom. The van der Waals surface area contributed by atoms with Crippen molar-refractivity contribution in [2.45, 2.75) is 44.8 Å². The number of amides is 2. The van der Waals surface area contributed by atoms with Gasteiger partial charge >= 0.3 is 6.09 Å². The normalized spacial score (nSPS) is 19.8. The average Bonchev–Trinajstić information content (AvgIpc) is 3.57. The smallest absolute Gasteiger partial charge is 0.412 e. The number of piperidine rings is 1. The van der Waals surface area contributed by atoms with Gasteiger partial charge in [-0.1, -0.05) is 24.6 Å². The summed E-state index contributed by atoms with van der Waals surface area (Å²) in [7, 11) is 0. The lowest BCUT2D eigenvalue weighted by atomic mass is 9.83. The van der Waals surface area contributed by atoms with Gasteiger partial charge < -0.3 is 14.6 Å². The number of ether oxygens (including phenoxy) is 1. The SMILES string of the molecule is CCC(c1cc(C)c2nc[nH]c2c1)n1cc(C(=O)N2CCC[C@@]3(C2)OC(=O)Nc2ccc(Cl)c(F)c23)cn1. The number of aromatic nitrogens is 4. The molecule has 0 saturated carbocycles. The van der Waals surface area contributed by atoms with E-state index in [9.17, 15) is 9.59 Å². The molecule has 38 heavy (non-hydrogen) atoms. The summed E-state index contributed by atoms with van der Waals surface area (Å²) in [4.78, 5) is 35.1. The standard InChI is InChI=1S/C27H26ClFN6O3/c1-3-21(16-9-15(2)24-20(10-16)30-14-31-24)35-12-17(11-32-35)25(36)34-8-4-7-27(13-34)22-19(33-26(37)38-27)6-5-18(28)23(22)29/h5-6,9-12,14,21H,3-4,7-8,13H2,1-2H3,(H,30,31)(H,33,37)/t21?,27-/m0/s1. The molecular weight excluding hydrogens is 511 g/mol. The second-order valence-corrected chi connectivity index (χ2v) is 10.3. The van der Waals surface area contributed by atoms with Gasteiger partial charge in [-0.05, 0) is 55.5 Å². The number of fused-ring (bicyclic) bond motifs is 3. The number of nitrogens with one attached hydrogen (secondary N) is 2. The molecular formula is C27H26ClFN6O3. The van der Waals surface area contributed by atoms with Crippen LogP contribution in [-0.4, -0.2) is 49.7 Å². The van der Waals surface area contributed by atoms with Crippen molar-refractivity contribution in [1.82, 2.24) is 24.6 Å². The average molecular weight is 537 g/mol. The highest BCUT2D eigenvalue weighted by molar-refractivity contribution is 6.31. The van der Waals surface area contributed by atoms with Crippen molar-refractivity contribution in [3.8, 4) is 0 Å². The number of H-pyrrole nitrogens is 1. The van der Waals surface area contributed by atoms with Gasteiger partial charge in [0.1, 0.15) is 0 Å². The molecule has 0 bridgehead atoms. The molecule has 9 nitrogen and oxygen atoms in total. The lowest BCUT2D eigenvalue weighted by molar-refractivity contribution is -0.0418. The number of carbonyl (C=O) groups excluding carboxylic acids is 2. The molecule has 1 saturated heterocycles. The van der Waals surface area contributed by atoms with Gasteiger partial charge in [-0.2, -0.15) is 5.10 Å². The van der Waals surface area contributed by atoms with E-state index in [0.717, 1.165) is 28.6 Å². The summed E-state index contributed by atoms with van der Waals surface area (Å²) in [6.07, 6.45) is 5.95. The fraction of sp³-hybridized carbons (Fsp3) is 0.333. The van der Waals surface area contributed by atoms with Gasteiger partial charge in [-0.3, -0.25) is 14.8 Å². The minimum Gasteiger partial charge on any atom is -0.436 e. The predicted octanol–water partition coefficient (Wildman–Crippen LogP) is 5.55. The molecule has 11 heteroatoms. The number of carbonyl (C=O) groups is 2. The summed E-state index contributed by atoms with van der Waals surface area (Å²) in [6.45, 7) is 4.55. The Bertz CT molecular complexity index is 1580. The number of nitrogens with zero attached hydrogens (tertiary/aromatic N) is 4. The number of anilines is 1. The fourth-order valence-corrected chi connectivity index (χ4v) is 5.93. The van der Waals surface area contributed by atoms with E-state index in [1.54, 1.807) is 34.4 Å². The molecule has 6 rings (SSSR count). The van der Waals surface area contributed by atoms with Crippen molar-refractivity contribution in [1.29, 1.82) is 0 Å². The molecule has 0 aliphatic carbocycles. The molecule has 2 amide bonds. The maximum absolute atomic E-state index is 15.2. The number of hydrogen-bond donors (Lipinski definition) is 2. The second kappa shape index (κ2) is 9.13. The number of aromatic amines is 1. The highest BCUT2D eigenvalue weighted by atomic mass is 35.5. The quantitative estimate of drug-likeness (QED) is 0.355. The summed E-state index contributed by atoms with van der Waals surface area (Å²) in [6, 6.07) is 7.02. The predicted molar refractivity (Wildman–Crippen MR) is 140 cm³/mol. The van der Waals surface area contributed by atoms with Crippen LogP contribution in [0.3, 0.4) is 0 Å². The maximum atomic E-state index is 15.2. The molecule has 196 valence electrons. The van der Waals surface area contributed by atoms with Crippen LogP contribution in [0.15, 0.2) is 43.0 Å². The minimum absolute atomic E-state index is 0.0155. The van der Waals surface area contributed by atoms with Crippen molar-refractivity contribution >= 4 is 40.3 Å². The first-order valence-electron chi connectivity index (χ1n) is 12.5. The van der Waals surface area contributed by atoms with E-state index < -0.39 is 17.5 Å². The molecule has 4 aromatic rings. The van der Waals surface area contributed by atoms with Gasteiger partial charge in [0.2, 0.25) is 0 Å². The van der Waals surface area contributed by atoms with Crippen LogP contribution in [0.5, 0.6) is 0 Å². The number of likely N-dealkylation sites (tertiary alicyclic amines) is 1. The fourth-order valence-electron chi connectivity index (χ4n) is 5.77. The van der Waals surface area contributed by atoms with E-state index >= 15 is 4.39 Å². The molecule has 2 aliphatic rings. The Balaban J connectivity index is 1.29. The summed E-state index contributed by atoms with van der Waals surface area (Å²) < 4.78 is 22.7. The van der Waals surface area contributed by atoms with Gasteiger partial charge in [0.15, 0.2) is 11.4 Å². The van der Waals surface area contributed by atoms with Gasteiger partial charge in [0, 0.05) is 12.7 Å². The number of hydrogen-bond acceptors (Lipinski definition) is 5. The number of halogens is 2. The number of benzene rings is 2. The van der Waals surface area contributed by atoms with E-state index in [0.29, 0.717) is 30.6 Å². The van der Waals surface area contributed by atoms with Crippen molar-refractivity contribution in [3.63, 3.8) is 0 Å². The first-order chi connectivity index (χ1) is 18.3. The third-order valence-electron chi connectivity index (χ3n) is 7.49. The lowest BCUT2D eigenvalue weighted by Crippen LogP contribution is -2.53. The van der Waals surface area contributed by atoms with Crippen LogP contribution in [0.25, 0.3) is 11.0 Å². The van der Waals surface area contributed by atoms with E-state index in [1.807, 2.05) is 6.92 Å². The monoisotopic (exact) mass is 536 g/mol. The van der Waals surface area contributed by atoms with Crippen LogP contribution in [-0.2, 0) is 10.3 Å². The van der Waals surface area contributed by atoms with Crippen molar-refractivity contribution in [3.05, 3.63) is 76.1 Å². The molecule has 0 radical (unpaired) electrons. The first kappa shape index (κ1) is 24.4. The highest BCUT2D eigenvalue weighted by Crippen LogP contribution is 2.45. The van der Waals surface area contributed by atoms with Crippen LogP contribution in [0.1, 0.15) is 59.3 Å². The van der Waals surface area contributed by atoms with Crippen LogP contribution < -0.4 is 5.32 Å². The van der Waals surface area contributed by atoms with Crippen LogP contribution >= 0.6 is 11.6 Å². The Hall–Kier alpha value is -3.92. The second-order valence-electron chi connectivity index (χ2n) is 9.89. The zero-order chi connectivity index (χ0) is 26.6. The Morgan fingerprint density at radius 1 is 1.34 bits per heavy atom. The van der Waals surface area contributed by atoms with E-state index in [2.05, 4.69) is 39.4 Å². The van der Waals surface area contributed by atoms with Crippen LogP contribution in [0.2, 0.25) is 5.02 Å². The van der Waals surface area contributed by atoms with Gasteiger partial charge in [-0.25, -0.2) is 14.2 Å². The van der Waals surface area contributed by atoms with Gasteiger partial charge in [0.05, 0.1) is 58.0 Å². The molecule has 4 heterocycles. The topological polar surface area (TPSA) is 105 Å². The maximum Gasteiger partial charge on any atom is 0.412 e. The third-order valence-corrected chi connectivity index (χ3v) is 7.79.